The molecule has 88 valence electrons. The number of nitrogens with two attached hydrogens (primary N) is 1. The third-order valence-corrected chi connectivity index (χ3v) is 3.00. The van der Waals surface area contributed by atoms with Gasteiger partial charge in [0.2, 0.25) is 0 Å². The SMILES string of the molecule is Nc1ccc(CNC2CCNCC2)cc1F. The first kappa shape index (κ1) is 11.4. The summed E-state index contributed by atoms with van der Waals surface area (Å²) in [5.74, 6) is -0.329. The molecule has 3 nitrogen and oxygen atoms in total. The van der Waals surface area contributed by atoms with Crippen molar-refractivity contribution >= 4 is 5.69 Å². The summed E-state index contributed by atoms with van der Waals surface area (Å²) >= 11 is 0. The normalized spacial score (nSPS) is 17.6. The van der Waals surface area contributed by atoms with Crippen molar-refractivity contribution in [2.45, 2.75) is 25.4 Å². The highest BCUT2D eigenvalue weighted by molar-refractivity contribution is 5.41. The highest BCUT2D eigenvalue weighted by Crippen LogP contribution is 2.12. The summed E-state index contributed by atoms with van der Waals surface area (Å²) in [5.41, 5.74) is 6.59. The molecule has 0 bridgehead atoms. The van der Waals surface area contributed by atoms with Crippen molar-refractivity contribution in [1.29, 1.82) is 0 Å². The van der Waals surface area contributed by atoms with Crippen LogP contribution in [0.4, 0.5) is 10.1 Å². The lowest BCUT2D eigenvalue weighted by atomic mass is 10.1. The van der Waals surface area contributed by atoms with Gasteiger partial charge in [-0.15, -0.1) is 0 Å². The van der Waals surface area contributed by atoms with E-state index < -0.39 is 0 Å². The van der Waals surface area contributed by atoms with E-state index in [0.29, 0.717) is 12.6 Å². The Morgan fingerprint density at radius 2 is 2.12 bits per heavy atom. The lowest BCUT2D eigenvalue weighted by Gasteiger charge is -2.23. The molecule has 0 spiro atoms. The van der Waals surface area contributed by atoms with E-state index in [0.717, 1.165) is 31.5 Å². The summed E-state index contributed by atoms with van der Waals surface area (Å²) in [6.07, 6.45) is 2.27. The predicted octanol–water partition coefficient (Wildman–Crippen LogP) is 1.25. The van der Waals surface area contributed by atoms with Crippen molar-refractivity contribution < 1.29 is 4.39 Å². The maximum Gasteiger partial charge on any atom is 0.146 e. The van der Waals surface area contributed by atoms with Gasteiger partial charge in [-0.05, 0) is 43.6 Å². The highest BCUT2D eigenvalue weighted by atomic mass is 19.1. The second-order valence-corrected chi connectivity index (χ2v) is 4.26. The average molecular weight is 223 g/mol. The zero-order valence-electron chi connectivity index (χ0n) is 9.30. The first-order chi connectivity index (χ1) is 7.75. The predicted molar refractivity (Wildman–Crippen MR) is 63.5 cm³/mol. The third kappa shape index (κ3) is 2.93. The minimum Gasteiger partial charge on any atom is -0.396 e. The van der Waals surface area contributed by atoms with E-state index in [2.05, 4.69) is 10.6 Å². The Morgan fingerprint density at radius 1 is 1.38 bits per heavy atom. The van der Waals surface area contributed by atoms with E-state index in [1.165, 1.54) is 6.07 Å². The summed E-state index contributed by atoms with van der Waals surface area (Å²) < 4.78 is 13.2. The Morgan fingerprint density at radius 3 is 2.81 bits per heavy atom. The van der Waals surface area contributed by atoms with Crippen molar-refractivity contribution in [1.82, 2.24) is 10.6 Å². The van der Waals surface area contributed by atoms with Crippen molar-refractivity contribution in [2.24, 2.45) is 0 Å². The Balaban J connectivity index is 1.86. The molecule has 1 heterocycles. The number of piperidine rings is 1. The van der Waals surface area contributed by atoms with E-state index >= 15 is 0 Å². The molecule has 1 aliphatic heterocycles. The van der Waals surface area contributed by atoms with Crippen molar-refractivity contribution in [3.8, 4) is 0 Å². The maximum absolute atomic E-state index is 13.2. The van der Waals surface area contributed by atoms with E-state index in [1.54, 1.807) is 6.07 Å². The number of benzene rings is 1. The van der Waals surface area contributed by atoms with Crippen LogP contribution in [0, 0.1) is 5.82 Å². The molecule has 1 saturated heterocycles. The molecule has 0 unspecified atom stereocenters. The van der Waals surface area contributed by atoms with Crippen LogP contribution in [0.5, 0.6) is 0 Å². The average Bonchev–Trinajstić information content (AvgIpc) is 2.32. The van der Waals surface area contributed by atoms with Crippen LogP contribution in [0.3, 0.4) is 0 Å². The van der Waals surface area contributed by atoms with Crippen LogP contribution < -0.4 is 16.4 Å². The van der Waals surface area contributed by atoms with E-state index in [-0.39, 0.29) is 11.5 Å². The molecule has 0 radical (unpaired) electrons. The van der Waals surface area contributed by atoms with Gasteiger partial charge in [0.1, 0.15) is 5.82 Å². The smallest absolute Gasteiger partial charge is 0.146 e. The summed E-state index contributed by atoms with van der Waals surface area (Å²) in [6.45, 7) is 2.84. The van der Waals surface area contributed by atoms with Crippen LogP contribution in [-0.4, -0.2) is 19.1 Å². The largest absolute Gasteiger partial charge is 0.396 e. The first-order valence-corrected chi connectivity index (χ1v) is 5.74. The summed E-state index contributed by atoms with van der Waals surface area (Å²) in [6, 6.07) is 5.53. The monoisotopic (exact) mass is 223 g/mol. The number of rotatable bonds is 3. The molecule has 2 rings (SSSR count). The topological polar surface area (TPSA) is 50.1 Å². The van der Waals surface area contributed by atoms with Gasteiger partial charge in [0, 0.05) is 12.6 Å². The molecule has 1 fully saturated rings. The Kier molecular flexibility index (Phi) is 3.74. The van der Waals surface area contributed by atoms with E-state index in [1.807, 2.05) is 6.07 Å². The Hall–Kier alpha value is -1.13. The fraction of sp³-hybridized carbons (Fsp3) is 0.500. The van der Waals surface area contributed by atoms with Crippen LogP contribution in [-0.2, 0) is 6.54 Å². The number of anilines is 1. The van der Waals surface area contributed by atoms with Crippen LogP contribution in [0.2, 0.25) is 0 Å². The Bertz CT molecular complexity index is 348. The molecule has 0 saturated carbocycles. The van der Waals surface area contributed by atoms with E-state index in [4.69, 9.17) is 5.73 Å². The van der Waals surface area contributed by atoms with Gasteiger partial charge in [-0.2, -0.15) is 0 Å². The lowest BCUT2D eigenvalue weighted by Crippen LogP contribution is -2.39. The molecule has 0 aromatic heterocycles. The second kappa shape index (κ2) is 5.27. The van der Waals surface area contributed by atoms with Crippen LogP contribution in [0.15, 0.2) is 18.2 Å². The van der Waals surface area contributed by atoms with Crippen LogP contribution in [0.1, 0.15) is 18.4 Å². The number of halogens is 1. The van der Waals surface area contributed by atoms with Gasteiger partial charge in [0.25, 0.3) is 0 Å². The van der Waals surface area contributed by atoms with Crippen molar-refractivity contribution in [2.75, 3.05) is 18.8 Å². The summed E-state index contributed by atoms with van der Waals surface area (Å²) in [7, 11) is 0. The molecular formula is C12H18FN3. The molecule has 1 aromatic carbocycles. The number of hydrogen-bond donors (Lipinski definition) is 3. The Labute approximate surface area is 95.2 Å². The molecule has 4 heteroatoms. The first-order valence-electron chi connectivity index (χ1n) is 5.74. The van der Waals surface area contributed by atoms with Crippen molar-refractivity contribution in [3.63, 3.8) is 0 Å². The van der Waals surface area contributed by atoms with Gasteiger partial charge in [-0.1, -0.05) is 6.07 Å². The summed E-state index contributed by atoms with van der Waals surface area (Å²) in [4.78, 5) is 0. The fourth-order valence-electron chi connectivity index (χ4n) is 1.97. The van der Waals surface area contributed by atoms with Gasteiger partial charge in [0.05, 0.1) is 5.69 Å². The minimum absolute atomic E-state index is 0.214. The van der Waals surface area contributed by atoms with Gasteiger partial charge in [-0.25, -0.2) is 4.39 Å². The van der Waals surface area contributed by atoms with Crippen LogP contribution in [0.25, 0.3) is 0 Å². The number of nitrogens with one attached hydrogen (secondary N) is 2. The quantitative estimate of drug-likeness (QED) is 0.676. The van der Waals surface area contributed by atoms with Gasteiger partial charge < -0.3 is 16.4 Å². The molecule has 1 aromatic rings. The van der Waals surface area contributed by atoms with Gasteiger partial charge in [-0.3, -0.25) is 0 Å². The van der Waals surface area contributed by atoms with Crippen LogP contribution >= 0.6 is 0 Å². The zero-order chi connectivity index (χ0) is 11.4. The lowest BCUT2D eigenvalue weighted by molar-refractivity contribution is 0.386. The van der Waals surface area contributed by atoms with Gasteiger partial charge >= 0.3 is 0 Å². The minimum atomic E-state index is -0.329. The molecule has 1 aliphatic rings. The number of hydrogen-bond acceptors (Lipinski definition) is 3. The highest BCUT2D eigenvalue weighted by Gasteiger charge is 2.11. The molecule has 16 heavy (non-hydrogen) atoms. The standard InChI is InChI=1S/C12H18FN3/c13-11-7-9(1-2-12(11)14)8-16-10-3-5-15-6-4-10/h1-2,7,10,15-16H,3-6,8,14H2. The maximum atomic E-state index is 13.2. The van der Waals surface area contributed by atoms with E-state index in [9.17, 15) is 4.39 Å². The van der Waals surface area contributed by atoms with Gasteiger partial charge in [0.15, 0.2) is 0 Å². The molecule has 0 atom stereocenters. The molecule has 0 amide bonds. The molecule has 4 N–H and O–H groups in total. The second-order valence-electron chi connectivity index (χ2n) is 4.26. The number of nitrogen functional groups attached to an aromatic ring is 1. The molecule has 0 aliphatic carbocycles. The third-order valence-electron chi connectivity index (χ3n) is 3.00. The fourth-order valence-corrected chi connectivity index (χ4v) is 1.97. The zero-order valence-corrected chi connectivity index (χ0v) is 9.30. The molecular weight excluding hydrogens is 205 g/mol. The summed E-state index contributed by atoms with van der Waals surface area (Å²) in [5, 5.41) is 6.75. The van der Waals surface area contributed by atoms with Crippen molar-refractivity contribution in [3.05, 3.63) is 29.6 Å².